The molecule has 238 valence electrons. The third-order valence-electron chi connectivity index (χ3n) is 9.85. The van der Waals surface area contributed by atoms with Crippen LogP contribution >= 0.6 is 0 Å². The second-order valence-electron chi connectivity index (χ2n) is 13.0. The Hall–Kier alpha value is -6.15. The molecule has 10 radical (unpaired) electrons. The van der Waals surface area contributed by atoms with Gasteiger partial charge in [0.25, 0.3) is 0 Å². The van der Waals surface area contributed by atoms with Crippen molar-refractivity contribution in [3.63, 3.8) is 0 Å². The maximum Gasteiger partial charge on any atom is 0.164 e. The number of fused-ring (bicyclic) bond motifs is 5. The van der Waals surface area contributed by atoms with Gasteiger partial charge in [-0.1, -0.05) is 77.7 Å². The van der Waals surface area contributed by atoms with Crippen LogP contribution in [-0.4, -0.2) is 65.6 Å². The van der Waals surface area contributed by atoms with Gasteiger partial charge in [-0.2, -0.15) is 5.10 Å². The smallest absolute Gasteiger partial charge is 0.164 e. The van der Waals surface area contributed by atoms with Crippen LogP contribution in [0.3, 0.4) is 0 Å². The predicted molar refractivity (Wildman–Crippen MR) is 220 cm³/mol. The largest absolute Gasteiger partial charge is 0.456 e. The number of aromatic nitrogens is 3. The molecule has 2 aliphatic carbocycles. The summed E-state index contributed by atoms with van der Waals surface area (Å²) in [5.74, 6) is 0.897. The number of benzene rings is 5. The van der Waals surface area contributed by atoms with Crippen molar-refractivity contribution in [1.29, 1.82) is 5.41 Å². The van der Waals surface area contributed by atoms with E-state index in [-0.39, 0.29) is 38.7 Å². The molecule has 2 heterocycles. The molecule has 5 aromatic carbocycles. The first-order valence-electron chi connectivity index (χ1n) is 17.0. The Morgan fingerprint density at radius 2 is 1.34 bits per heavy atom. The van der Waals surface area contributed by atoms with Crippen molar-refractivity contribution in [3.8, 4) is 34.2 Å². The lowest BCUT2D eigenvalue weighted by Crippen LogP contribution is -2.55. The zero-order valence-corrected chi connectivity index (χ0v) is 28.3. The molecule has 53 heavy (non-hydrogen) atoms. The van der Waals surface area contributed by atoms with E-state index in [4.69, 9.17) is 58.6 Å². The predicted octanol–water partition coefficient (Wildman–Crippen LogP) is 3.50. The molecule has 0 saturated carbocycles. The number of para-hydroxylation sites is 2. The number of rotatable bonds is 5. The quantitative estimate of drug-likeness (QED) is 0.166. The van der Waals surface area contributed by atoms with Gasteiger partial charge in [0.1, 0.15) is 56.1 Å². The summed E-state index contributed by atoms with van der Waals surface area (Å²) in [7, 11) is 31.9. The highest BCUT2D eigenvalue weighted by atomic mass is 16.3. The molecule has 7 aromatic rings. The van der Waals surface area contributed by atoms with Crippen LogP contribution in [-0.2, 0) is 6.42 Å². The highest BCUT2D eigenvalue weighted by Crippen LogP contribution is 2.39. The van der Waals surface area contributed by atoms with Crippen molar-refractivity contribution in [3.05, 3.63) is 120 Å². The minimum Gasteiger partial charge on any atom is -0.456 e. The lowest BCUT2D eigenvalue weighted by molar-refractivity contribution is 0.669. The molecule has 2 N–H and O–H groups in total. The van der Waals surface area contributed by atoms with E-state index in [9.17, 15) is 5.41 Å². The van der Waals surface area contributed by atoms with Gasteiger partial charge in [0.15, 0.2) is 17.5 Å². The Labute approximate surface area is 312 Å². The van der Waals surface area contributed by atoms with Gasteiger partial charge in [-0.05, 0) is 65.9 Å². The average molecular weight is 670 g/mol. The molecule has 0 amide bonds. The molecule has 2 aliphatic rings. The number of hydrogen-bond acceptors (Lipinski definition) is 7. The number of nitrogens with zero attached hydrogens (tertiary/aromatic N) is 4. The highest BCUT2D eigenvalue weighted by Gasteiger charge is 2.27. The first-order chi connectivity index (χ1) is 25.8. The summed E-state index contributed by atoms with van der Waals surface area (Å²) < 4.78 is 6.20. The molecule has 0 atom stereocenters. The number of anilines is 1. The Morgan fingerprint density at radius 1 is 0.642 bits per heavy atom. The molecule has 0 saturated heterocycles. The van der Waals surface area contributed by atoms with Crippen molar-refractivity contribution in [2.24, 2.45) is 5.10 Å². The first-order valence-corrected chi connectivity index (χ1v) is 17.0. The average Bonchev–Trinajstić information content (AvgIpc) is 3.58. The molecule has 9 rings (SSSR count). The van der Waals surface area contributed by atoms with Gasteiger partial charge in [0, 0.05) is 33.0 Å². The molecule has 0 unspecified atom stereocenters. The SMILES string of the molecule is [B]c1c([B])c([B])c(-c2nc(-c3ccc4c(c3)C3=C(C=C/C(=N/Nc5ccccc5)C3=N)CC4)nc(-c3cccc4oc5ccccc5c34)n2)c([B])c1[B]. The van der Waals surface area contributed by atoms with Crippen LogP contribution in [0.25, 0.3) is 61.7 Å². The molecule has 0 fully saturated rings. The topological polar surface area (TPSA) is 100 Å². The zero-order chi connectivity index (χ0) is 36.4. The van der Waals surface area contributed by atoms with Gasteiger partial charge in [0.05, 0.1) is 11.4 Å². The van der Waals surface area contributed by atoms with Crippen molar-refractivity contribution in [2.75, 3.05) is 5.43 Å². The third kappa shape index (κ3) is 5.48. The molecular weight excluding hydrogens is 647 g/mol. The summed E-state index contributed by atoms with van der Waals surface area (Å²) in [6, 6.07) is 29.3. The summed E-state index contributed by atoms with van der Waals surface area (Å²) >= 11 is 0. The van der Waals surface area contributed by atoms with Gasteiger partial charge in [-0.3, -0.25) is 10.8 Å². The second kappa shape index (κ2) is 12.8. The normalized spacial score (nSPS) is 14.6. The first kappa shape index (κ1) is 32.7. The Bertz CT molecular complexity index is 2760. The lowest BCUT2D eigenvalue weighted by atomic mass is 9.60. The van der Waals surface area contributed by atoms with Crippen LogP contribution in [0.2, 0.25) is 0 Å². The number of furan rings is 1. The summed E-state index contributed by atoms with van der Waals surface area (Å²) in [5.41, 5.74) is 12.3. The fourth-order valence-electron chi connectivity index (χ4n) is 7.11. The number of aryl methyl sites for hydroxylation is 1. The molecule has 12 heteroatoms. The van der Waals surface area contributed by atoms with Gasteiger partial charge < -0.3 is 4.42 Å². The van der Waals surface area contributed by atoms with Crippen molar-refractivity contribution < 1.29 is 4.42 Å². The Balaban J connectivity index is 1.23. The number of hydrogen-bond donors (Lipinski definition) is 2. The maximum atomic E-state index is 9.28. The fourth-order valence-corrected chi connectivity index (χ4v) is 7.11. The minimum absolute atomic E-state index is 0.0921. The van der Waals surface area contributed by atoms with Crippen molar-refractivity contribution >= 4 is 111 Å². The molecule has 7 nitrogen and oxygen atoms in total. The van der Waals surface area contributed by atoms with Gasteiger partial charge in [-0.15, -0.1) is 16.4 Å². The van der Waals surface area contributed by atoms with Gasteiger partial charge in [0.2, 0.25) is 0 Å². The van der Waals surface area contributed by atoms with Crippen LogP contribution in [0, 0.1) is 5.41 Å². The molecule has 2 aromatic heterocycles. The monoisotopic (exact) mass is 670 g/mol. The van der Waals surface area contributed by atoms with E-state index in [1.165, 1.54) is 0 Å². The molecule has 0 spiro atoms. The highest BCUT2D eigenvalue weighted by molar-refractivity contribution is 6.68. The lowest BCUT2D eigenvalue weighted by Gasteiger charge is -2.26. The van der Waals surface area contributed by atoms with E-state index in [2.05, 4.69) is 16.6 Å². The minimum atomic E-state index is 0.0921. The van der Waals surface area contributed by atoms with E-state index < -0.39 is 0 Å². The van der Waals surface area contributed by atoms with Crippen molar-refractivity contribution in [2.45, 2.75) is 12.8 Å². The van der Waals surface area contributed by atoms with Crippen LogP contribution in [0.4, 0.5) is 5.69 Å². The van der Waals surface area contributed by atoms with Crippen LogP contribution in [0.1, 0.15) is 17.5 Å². The fraction of sp³-hybridized carbons (Fsp3) is 0.0488. The van der Waals surface area contributed by atoms with Gasteiger partial charge >= 0.3 is 0 Å². The number of allylic oxidation sites excluding steroid dienone is 4. The third-order valence-corrected chi connectivity index (χ3v) is 9.85. The molecular formula is C41H23B5N6O. The van der Waals surface area contributed by atoms with Crippen molar-refractivity contribution in [1.82, 2.24) is 15.0 Å². The van der Waals surface area contributed by atoms with E-state index in [0.717, 1.165) is 62.7 Å². The van der Waals surface area contributed by atoms with Crippen LogP contribution < -0.4 is 32.7 Å². The van der Waals surface area contributed by atoms with Gasteiger partial charge in [-0.25, -0.2) is 15.0 Å². The summed E-state index contributed by atoms with van der Waals surface area (Å²) in [6.07, 6.45) is 5.56. The van der Waals surface area contributed by atoms with Crippen LogP contribution in [0.5, 0.6) is 0 Å². The number of hydrazone groups is 1. The van der Waals surface area contributed by atoms with E-state index in [1.54, 1.807) is 0 Å². The zero-order valence-electron chi connectivity index (χ0n) is 28.3. The van der Waals surface area contributed by atoms with E-state index >= 15 is 0 Å². The Morgan fingerprint density at radius 3 is 2.15 bits per heavy atom. The summed E-state index contributed by atoms with van der Waals surface area (Å²) in [4.78, 5) is 14.9. The standard InChI is InChI=1S/C41H23B5N6O/c42-33-32(34(43)36(45)37(46)35(33)44)41-49-39(48-40(50-41)25-10-6-12-29-31(25)24-9-4-5-11-28(24)53-29)22-16-14-20-13-15-21-17-18-27(38(47)30(21)26(20)19-22)52-51-23-7-2-1-3-8-23/h1-12,14,16-19,47,51H,13,15H2/b47-38?,52-27-. The summed E-state index contributed by atoms with van der Waals surface area (Å²) in [6.45, 7) is 0. The Kier molecular flexibility index (Phi) is 7.92. The molecule has 0 aliphatic heterocycles. The second-order valence-corrected chi connectivity index (χ2v) is 13.0. The van der Waals surface area contributed by atoms with E-state index in [0.29, 0.717) is 34.2 Å². The van der Waals surface area contributed by atoms with Crippen LogP contribution in [0.15, 0.2) is 118 Å². The van der Waals surface area contributed by atoms with E-state index in [1.807, 2.05) is 97.1 Å². The summed E-state index contributed by atoms with van der Waals surface area (Å²) in [5, 5.41) is 15.6. The molecule has 0 bridgehead atoms. The number of nitrogens with one attached hydrogen (secondary N) is 2. The maximum absolute atomic E-state index is 9.28.